The number of methoxy groups -OCH3 is 1. The summed E-state index contributed by atoms with van der Waals surface area (Å²) < 4.78 is 21.3. The first kappa shape index (κ1) is 16.1. The summed E-state index contributed by atoms with van der Waals surface area (Å²) in [5.74, 6) is 5.42. The number of ether oxygens (including phenoxy) is 1. The number of benzene rings is 1. The van der Waals surface area contributed by atoms with Crippen molar-refractivity contribution in [2.24, 2.45) is 5.84 Å². The Labute approximate surface area is 131 Å². The molecule has 0 aliphatic rings. The summed E-state index contributed by atoms with van der Waals surface area (Å²) in [6, 6.07) is 4.29. The van der Waals surface area contributed by atoms with Gasteiger partial charge in [-0.25, -0.2) is 9.82 Å². The molecule has 114 valence electrons. The van der Waals surface area contributed by atoms with Gasteiger partial charge < -0.3 is 4.74 Å². The van der Waals surface area contributed by atoms with E-state index in [2.05, 4.69) is 26.5 Å². The molecule has 0 spiro atoms. The number of rotatable bonds is 6. The molecule has 7 heteroatoms. The molecule has 0 saturated carbocycles. The van der Waals surface area contributed by atoms with Crippen molar-refractivity contribution < 1.29 is 9.13 Å². The second-order valence-corrected chi connectivity index (χ2v) is 5.55. The molecule has 0 bridgehead atoms. The van der Waals surface area contributed by atoms with Crippen LogP contribution in [0.1, 0.15) is 22.9 Å². The zero-order valence-electron chi connectivity index (χ0n) is 11.9. The summed E-state index contributed by atoms with van der Waals surface area (Å²) in [6.07, 6.45) is 1.70. The van der Waals surface area contributed by atoms with Gasteiger partial charge in [-0.1, -0.05) is 6.07 Å². The lowest BCUT2D eigenvalue weighted by Gasteiger charge is -2.21. The molecule has 1 atom stereocenters. The monoisotopic (exact) mass is 356 g/mol. The molecule has 0 amide bonds. The maximum Gasteiger partial charge on any atom is 0.123 e. The van der Waals surface area contributed by atoms with Crippen LogP contribution in [0.4, 0.5) is 4.39 Å². The van der Waals surface area contributed by atoms with Crippen molar-refractivity contribution in [3.05, 3.63) is 51.5 Å². The molecule has 21 heavy (non-hydrogen) atoms. The molecule has 1 aromatic heterocycles. The number of hydrogen-bond donors (Lipinski definition) is 2. The fourth-order valence-corrected chi connectivity index (χ4v) is 2.78. The SMILES string of the molecule is COCCn1ncc(Br)c1C(NN)c1cc(F)ccc1C. The Morgan fingerprint density at radius 3 is 2.95 bits per heavy atom. The normalized spacial score (nSPS) is 12.6. The van der Waals surface area contributed by atoms with Gasteiger partial charge in [0.25, 0.3) is 0 Å². The molecule has 0 saturated heterocycles. The first-order valence-corrected chi connectivity index (χ1v) is 7.30. The Hall–Kier alpha value is -1.28. The zero-order valence-corrected chi connectivity index (χ0v) is 13.5. The third-order valence-electron chi connectivity index (χ3n) is 3.33. The van der Waals surface area contributed by atoms with Crippen molar-refractivity contribution in [3.8, 4) is 0 Å². The number of aromatic nitrogens is 2. The molecule has 1 heterocycles. The van der Waals surface area contributed by atoms with Crippen molar-refractivity contribution in [1.29, 1.82) is 0 Å². The van der Waals surface area contributed by atoms with Crippen LogP contribution in [0.3, 0.4) is 0 Å². The van der Waals surface area contributed by atoms with E-state index in [0.29, 0.717) is 13.2 Å². The van der Waals surface area contributed by atoms with Crippen LogP contribution in [0.5, 0.6) is 0 Å². The Bertz CT molecular complexity index is 617. The van der Waals surface area contributed by atoms with Gasteiger partial charge in [0.2, 0.25) is 0 Å². The van der Waals surface area contributed by atoms with Gasteiger partial charge >= 0.3 is 0 Å². The van der Waals surface area contributed by atoms with Crippen molar-refractivity contribution in [1.82, 2.24) is 15.2 Å². The molecule has 3 N–H and O–H groups in total. The number of aryl methyl sites for hydroxylation is 1. The van der Waals surface area contributed by atoms with Crippen molar-refractivity contribution in [2.75, 3.05) is 13.7 Å². The van der Waals surface area contributed by atoms with Gasteiger partial charge in [0, 0.05) is 7.11 Å². The van der Waals surface area contributed by atoms with Gasteiger partial charge in [0.05, 0.1) is 35.6 Å². The third kappa shape index (κ3) is 3.49. The molecule has 2 rings (SSSR count). The minimum Gasteiger partial charge on any atom is -0.383 e. The molecule has 2 aromatic rings. The average Bonchev–Trinajstić information content (AvgIpc) is 2.83. The second kappa shape index (κ2) is 7.13. The molecular formula is C14H18BrFN4O. The predicted octanol–water partition coefficient (Wildman–Crippen LogP) is 2.29. The van der Waals surface area contributed by atoms with Crippen LogP contribution in [0.25, 0.3) is 0 Å². The topological polar surface area (TPSA) is 65.1 Å². The fourth-order valence-electron chi connectivity index (χ4n) is 2.25. The van der Waals surface area contributed by atoms with Gasteiger partial charge in [0.15, 0.2) is 0 Å². The zero-order chi connectivity index (χ0) is 15.4. The lowest BCUT2D eigenvalue weighted by Crippen LogP contribution is -2.32. The average molecular weight is 357 g/mol. The molecule has 0 fully saturated rings. The van der Waals surface area contributed by atoms with Gasteiger partial charge in [0.1, 0.15) is 5.82 Å². The molecule has 0 radical (unpaired) electrons. The van der Waals surface area contributed by atoms with Gasteiger partial charge in [-0.15, -0.1) is 0 Å². The van der Waals surface area contributed by atoms with Crippen LogP contribution in [-0.4, -0.2) is 23.5 Å². The Morgan fingerprint density at radius 2 is 2.29 bits per heavy atom. The number of nitrogens with zero attached hydrogens (tertiary/aromatic N) is 2. The second-order valence-electron chi connectivity index (χ2n) is 4.69. The first-order chi connectivity index (χ1) is 10.1. The quantitative estimate of drug-likeness (QED) is 0.615. The summed E-state index contributed by atoms with van der Waals surface area (Å²) in [7, 11) is 1.63. The lowest BCUT2D eigenvalue weighted by molar-refractivity contribution is 0.182. The Morgan fingerprint density at radius 1 is 1.52 bits per heavy atom. The predicted molar refractivity (Wildman–Crippen MR) is 82.1 cm³/mol. The van der Waals surface area contributed by atoms with Crippen molar-refractivity contribution >= 4 is 15.9 Å². The van der Waals surface area contributed by atoms with E-state index < -0.39 is 0 Å². The van der Waals surface area contributed by atoms with E-state index in [0.717, 1.165) is 21.3 Å². The molecule has 0 aliphatic heterocycles. The number of halogens is 2. The minimum atomic E-state index is -0.366. The highest BCUT2D eigenvalue weighted by Crippen LogP contribution is 2.30. The summed E-state index contributed by atoms with van der Waals surface area (Å²) in [4.78, 5) is 0. The number of hydrogen-bond acceptors (Lipinski definition) is 4. The molecule has 1 unspecified atom stereocenters. The van der Waals surface area contributed by atoms with E-state index in [9.17, 15) is 4.39 Å². The van der Waals surface area contributed by atoms with E-state index in [1.807, 2.05) is 6.92 Å². The van der Waals surface area contributed by atoms with Crippen LogP contribution in [0.2, 0.25) is 0 Å². The van der Waals surface area contributed by atoms with E-state index in [4.69, 9.17) is 10.6 Å². The van der Waals surface area contributed by atoms with Crippen LogP contribution in [0.15, 0.2) is 28.9 Å². The molecule has 5 nitrogen and oxygen atoms in total. The molecule has 1 aromatic carbocycles. The van der Waals surface area contributed by atoms with E-state index in [1.54, 1.807) is 24.1 Å². The Balaban J connectivity index is 2.46. The summed E-state index contributed by atoms with van der Waals surface area (Å²) >= 11 is 3.48. The van der Waals surface area contributed by atoms with E-state index in [-0.39, 0.29) is 11.9 Å². The molecular weight excluding hydrogens is 339 g/mol. The summed E-state index contributed by atoms with van der Waals surface area (Å²) in [5.41, 5.74) is 5.31. The van der Waals surface area contributed by atoms with E-state index in [1.165, 1.54) is 12.1 Å². The maximum absolute atomic E-state index is 13.6. The van der Waals surface area contributed by atoms with Gasteiger partial charge in [-0.3, -0.25) is 10.5 Å². The summed E-state index contributed by atoms with van der Waals surface area (Å²) in [6.45, 7) is 3.04. The highest BCUT2D eigenvalue weighted by molar-refractivity contribution is 9.10. The number of nitrogens with one attached hydrogen (secondary N) is 1. The van der Waals surface area contributed by atoms with E-state index >= 15 is 0 Å². The van der Waals surface area contributed by atoms with Gasteiger partial charge in [-0.2, -0.15) is 5.10 Å². The van der Waals surface area contributed by atoms with Crippen LogP contribution in [0, 0.1) is 12.7 Å². The van der Waals surface area contributed by atoms with Crippen molar-refractivity contribution in [3.63, 3.8) is 0 Å². The number of nitrogens with two attached hydrogens (primary N) is 1. The first-order valence-electron chi connectivity index (χ1n) is 6.50. The van der Waals surface area contributed by atoms with Crippen LogP contribution in [-0.2, 0) is 11.3 Å². The minimum absolute atomic E-state index is 0.296. The highest BCUT2D eigenvalue weighted by Gasteiger charge is 2.22. The highest BCUT2D eigenvalue weighted by atomic mass is 79.9. The fraction of sp³-hybridized carbons (Fsp3) is 0.357. The smallest absolute Gasteiger partial charge is 0.123 e. The Kier molecular flexibility index (Phi) is 5.46. The molecule has 0 aliphatic carbocycles. The maximum atomic E-state index is 13.6. The van der Waals surface area contributed by atoms with Crippen molar-refractivity contribution in [2.45, 2.75) is 19.5 Å². The standard InChI is InChI=1S/C14H18BrFN4O/c1-9-3-4-10(16)7-11(9)13(19-17)14-12(15)8-18-20(14)5-6-21-2/h3-4,7-8,13,19H,5-6,17H2,1-2H3. The van der Waals surface area contributed by atoms with Gasteiger partial charge in [-0.05, 0) is 46.1 Å². The summed E-state index contributed by atoms with van der Waals surface area (Å²) in [5, 5.41) is 4.30. The largest absolute Gasteiger partial charge is 0.383 e. The van der Waals surface area contributed by atoms with Crippen LogP contribution >= 0.6 is 15.9 Å². The third-order valence-corrected chi connectivity index (χ3v) is 3.94. The number of hydrazine groups is 1. The lowest BCUT2D eigenvalue weighted by atomic mass is 9.99. The van der Waals surface area contributed by atoms with Crippen LogP contribution < -0.4 is 11.3 Å².